The van der Waals surface area contributed by atoms with E-state index in [2.05, 4.69) is 15.0 Å². The van der Waals surface area contributed by atoms with Crippen molar-refractivity contribution in [1.29, 1.82) is 0 Å². The Bertz CT molecular complexity index is 885. The SMILES string of the molecule is O=C(c1cnn2cccnc12)N1CCN(c2cccc(Cl)c2)CC1. The molecule has 0 atom stereocenters. The molecule has 1 saturated heterocycles. The highest BCUT2D eigenvalue weighted by atomic mass is 35.5. The van der Waals surface area contributed by atoms with E-state index in [4.69, 9.17) is 11.6 Å². The van der Waals surface area contributed by atoms with Gasteiger partial charge in [-0.25, -0.2) is 9.50 Å². The van der Waals surface area contributed by atoms with Gasteiger partial charge in [0.1, 0.15) is 5.56 Å². The lowest BCUT2D eigenvalue weighted by atomic mass is 10.2. The van der Waals surface area contributed by atoms with E-state index in [0.717, 1.165) is 23.8 Å². The van der Waals surface area contributed by atoms with Gasteiger partial charge in [-0.1, -0.05) is 17.7 Å². The average Bonchev–Trinajstić information content (AvgIpc) is 3.05. The normalized spacial score (nSPS) is 15.0. The number of hydrogen-bond donors (Lipinski definition) is 0. The third-order valence-corrected chi connectivity index (χ3v) is 4.49. The first-order valence-corrected chi connectivity index (χ1v) is 8.18. The van der Waals surface area contributed by atoms with Gasteiger partial charge < -0.3 is 9.80 Å². The molecule has 4 rings (SSSR count). The summed E-state index contributed by atoms with van der Waals surface area (Å²) in [5, 5.41) is 4.91. The van der Waals surface area contributed by atoms with Gasteiger partial charge in [-0.3, -0.25) is 4.79 Å². The Morgan fingerprint density at radius 2 is 1.96 bits per heavy atom. The number of aromatic nitrogens is 3. The molecular weight excluding hydrogens is 326 g/mol. The summed E-state index contributed by atoms with van der Waals surface area (Å²) in [7, 11) is 0. The molecule has 1 aromatic carbocycles. The molecule has 3 heterocycles. The molecule has 1 aliphatic rings. The number of nitrogens with zero attached hydrogens (tertiary/aromatic N) is 5. The smallest absolute Gasteiger partial charge is 0.259 e. The van der Waals surface area contributed by atoms with Crippen molar-refractivity contribution in [3.8, 4) is 0 Å². The number of amides is 1. The number of rotatable bonds is 2. The van der Waals surface area contributed by atoms with Crippen LogP contribution in [0.2, 0.25) is 5.02 Å². The number of carbonyl (C=O) groups excluding carboxylic acids is 1. The molecule has 0 saturated carbocycles. The summed E-state index contributed by atoms with van der Waals surface area (Å²) in [5.74, 6) is -0.0190. The van der Waals surface area contributed by atoms with Gasteiger partial charge in [0.15, 0.2) is 5.65 Å². The summed E-state index contributed by atoms with van der Waals surface area (Å²) in [6.07, 6.45) is 5.05. The lowest BCUT2D eigenvalue weighted by Crippen LogP contribution is -2.48. The zero-order valence-electron chi connectivity index (χ0n) is 13.0. The first-order valence-electron chi connectivity index (χ1n) is 7.80. The van der Waals surface area contributed by atoms with E-state index >= 15 is 0 Å². The maximum Gasteiger partial charge on any atom is 0.259 e. The maximum absolute atomic E-state index is 12.8. The summed E-state index contributed by atoms with van der Waals surface area (Å²) in [6.45, 7) is 2.88. The monoisotopic (exact) mass is 341 g/mol. The summed E-state index contributed by atoms with van der Waals surface area (Å²) in [5.41, 5.74) is 2.24. The van der Waals surface area contributed by atoms with Crippen molar-refractivity contribution in [3.63, 3.8) is 0 Å². The minimum absolute atomic E-state index is 0.0190. The summed E-state index contributed by atoms with van der Waals surface area (Å²) >= 11 is 6.06. The molecule has 0 spiro atoms. The van der Waals surface area contributed by atoms with Crippen molar-refractivity contribution >= 4 is 28.8 Å². The van der Waals surface area contributed by atoms with E-state index in [1.54, 1.807) is 29.2 Å². The predicted octanol–water partition coefficient (Wildman–Crippen LogP) is 2.35. The van der Waals surface area contributed by atoms with Crippen molar-refractivity contribution in [2.75, 3.05) is 31.1 Å². The van der Waals surface area contributed by atoms with Gasteiger partial charge >= 0.3 is 0 Å². The number of benzene rings is 1. The molecule has 7 heteroatoms. The molecule has 0 bridgehead atoms. The summed E-state index contributed by atoms with van der Waals surface area (Å²) < 4.78 is 1.62. The van der Waals surface area contributed by atoms with Crippen LogP contribution in [0.5, 0.6) is 0 Å². The Balaban J connectivity index is 1.48. The molecule has 0 unspecified atom stereocenters. The number of fused-ring (bicyclic) bond motifs is 1. The lowest BCUT2D eigenvalue weighted by Gasteiger charge is -2.36. The van der Waals surface area contributed by atoms with Crippen molar-refractivity contribution in [3.05, 3.63) is 59.5 Å². The minimum atomic E-state index is -0.0190. The van der Waals surface area contributed by atoms with Crippen LogP contribution < -0.4 is 4.90 Å². The van der Waals surface area contributed by atoms with Crippen LogP contribution in [-0.4, -0.2) is 51.6 Å². The highest BCUT2D eigenvalue weighted by Crippen LogP contribution is 2.21. The quantitative estimate of drug-likeness (QED) is 0.718. The van der Waals surface area contributed by atoms with Gasteiger partial charge in [-0.05, 0) is 24.3 Å². The molecule has 1 fully saturated rings. The standard InChI is InChI=1S/C17H16ClN5O/c18-13-3-1-4-14(11-13)21-7-9-22(10-8-21)17(24)15-12-20-23-6-2-5-19-16(15)23/h1-6,11-12H,7-10H2. The first kappa shape index (κ1) is 15.0. The van der Waals surface area contributed by atoms with Crippen molar-refractivity contribution < 1.29 is 4.79 Å². The highest BCUT2D eigenvalue weighted by molar-refractivity contribution is 6.30. The van der Waals surface area contributed by atoms with Gasteiger partial charge in [0.2, 0.25) is 0 Å². The second-order valence-corrected chi connectivity index (χ2v) is 6.14. The fourth-order valence-corrected chi connectivity index (χ4v) is 3.17. The van der Waals surface area contributed by atoms with E-state index in [0.29, 0.717) is 24.3 Å². The maximum atomic E-state index is 12.8. The highest BCUT2D eigenvalue weighted by Gasteiger charge is 2.25. The Morgan fingerprint density at radius 1 is 1.12 bits per heavy atom. The van der Waals surface area contributed by atoms with Crippen molar-refractivity contribution in [2.45, 2.75) is 0 Å². The molecule has 0 radical (unpaired) electrons. The Labute approximate surface area is 144 Å². The summed E-state index contributed by atoms with van der Waals surface area (Å²) in [4.78, 5) is 21.1. The number of anilines is 1. The number of hydrogen-bond acceptors (Lipinski definition) is 4. The molecule has 1 amide bonds. The van der Waals surface area contributed by atoms with E-state index in [-0.39, 0.29) is 5.91 Å². The van der Waals surface area contributed by atoms with Gasteiger partial charge in [-0.2, -0.15) is 5.10 Å². The zero-order valence-corrected chi connectivity index (χ0v) is 13.7. The van der Waals surface area contributed by atoms with Crippen molar-refractivity contribution in [1.82, 2.24) is 19.5 Å². The van der Waals surface area contributed by atoms with Crippen LogP contribution in [0.3, 0.4) is 0 Å². The third-order valence-electron chi connectivity index (χ3n) is 4.25. The molecule has 0 aliphatic carbocycles. The molecule has 3 aromatic rings. The lowest BCUT2D eigenvalue weighted by molar-refractivity contribution is 0.0748. The molecule has 0 N–H and O–H groups in total. The first-order chi connectivity index (χ1) is 11.7. The Hall–Kier alpha value is -2.60. The van der Waals surface area contributed by atoms with Gasteiger partial charge in [0.25, 0.3) is 5.91 Å². The van der Waals surface area contributed by atoms with Crippen LogP contribution in [0.4, 0.5) is 5.69 Å². The molecular formula is C17H16ClN5O. The average molecular weight is 342 g/mol. The zero-order chi connectivity index (χ0) is 16.5. The van der Waals surface area contributed by atoms with Gasteiger partial charge in [0.05, 0.1) is 6.20 Å². The van der Waals surface area contributed by atoms with Crippen LogP contribution >= 0.6 is 11.6 Å². The minimum Gasteiger partial charge on any atom is -0.368 e. The summed E-state index contributed by atoms with van der Waals surface area (Å²) in [6, 6.07) is 9.59. The topological polar surface area (TPSA) is 53.7 Å². The van der Waals surface area contributed by atoms with Gasteiger partial charge in [0, 0.05) is 49.3 Å². The number of carbonyl (C=O) groups is 1. The predicted molar refractivity (Wildman–Crippen MR) is 92.6 cm³/mol. The fourth-order valence-electron chi connectivity index (χ4n) is 2.99. The van der Waals surface area contributed by atoms with Crippen LogP contribution in [0.25, 0.3) is 5.65 Å². The number of halogens is 1. The Kier molecular flexibility index (Phi) is 3.82. The van der Waals surface area contributed by atoms with Crippen molar-refractivity contribution in [2.24, 2.45) is 0 Å². The van der Waals surface area contributed by atoms with Crippen LogP contribution in [0.15, 0.2) is 48.9 Å². The van der Waals surface area contributed by atoms with E-state index in [9.17, 15) is 4.79 Å². The van der Waals surface area contributed by atoms with Gasteiger partial charge in [-0.15, -0.1) is 0 Å². The molecule has 122 valence electrons. The van der Waals surface area contributed by atoms with Crippen LogP contribution in [0.1, 0.15) is 10.4 Å². The number of piperazine rings is 1. The molecule has 24 heavy (non-hydrogen) atoms. The second-order valence-electron chi connectivity index (χ2n) is 5.71. The molecule has 1 aliphatic heterocycles. The van der Waals surface area contributed by atoms with Crippen LogP contribution in [-0.2, 0) is 0 Å². The van der Waals surface area contributed by atoms with Crippen LogP contribution in [0, 0.1) is 0 Å². The fraction of sp³-hybridized carbons (Fsp3) is 0.235. The van der Waals surface area contributed by atoms with E-state index < -0.39 is 0 Å². The van der Waals surface area contributed by atoms with E-state index in [1.165, 1.54) is 0 Å². The third kappa shape index (κ3) is 2.69. The molecule has 2 aromatic heterocycles. The second kappa shape index (κ2) is 6.13. The molecule has 6 nitrogen and oxygen atoms in total. The van der Waals surface area contributed by atoms with E-state index in [1.807, 2.05) is 29.2 Å². The largest absolute Gasteiger partial charge is 0.368 e. The Morgan fingerprint density at radius 3 is 2.75 bits per heavy atom.